The van der Waals surface area contributed by atoms with Gasteiger partial charge < -0.3 is 10.1 Å². The zero-order valence-corrected chi connectivity index (χ0v) is 11.1. The fourth-order valence-electron chi connectivity index (χ4n) is 1.82. The summed E-state index contributed by atoms with van der Waals surface area (Å²) in [6.07, 6.45) is 5.59. The second-order valence-corrected chi connectivity index (χ2v) is 4.36. The number of rotatable bonds is 4. The van der Waals surface area contributed by atoms with Gasteiger partial charge in [-0.2, -0.15) is 0 Å². The summed E-state index contributed by atoms with van der Waals surface area (Å²) in [6.45, 7) is 3.44. The zero-order chi connectivity index (χ0) is 11.2. The van der Waals surface area contributed by atoms with E-state index in [2.05, 4.69) is 15.3 Å². The van der Waals surface area contributed by atoms with Crippen molar-refractivity contribution < 1.29 is 4.74 Å². The Kier molecular flexibility index (Phi) is 6.73. The van der Waals surface area contributed by atoms with Gasteiger partial charge in [-0.15, -0.1) is 12.4 Å². The summed E-state index contributed by atoms with van der Waals surface area (Å²) >= 11 is 5.88. The first-order valence-corrected chi connectivity index (χ1v) is 5.98. The molecule has 1 aliphatic heterocycles. The molecule has 0 amide bonds. The number of nitrogens with one attached hydrogen (secondary N) is 1. The third-order valence-corrected chi connectivity index (χ3v) is 3.09. The summed E-state index contributed by atoms with van der Waals surface area (Å²) in [4.78, 5) is 8.09. The molecule has 17 heavy (non-hydrogen) atoms. The van der Waals surface area contributed by atoms with E-state index in [1.54, 1.807) is 12.4 Å². The Balaban J connectivity index is 0.00000144. The normalized spacial score (nSPS) is 16.5. The van der Waals surface area contributed by atoms with E-state index in [1.807, 2.05) is 0 Å². The maximum atomic E-state index is 5.88. The molecular formula is C11H17Cl2N3O. The number of aromatic nitrogens is 2. The molecule has 1 fully saturated rings. The van der Waals surface area contributed by atoms with Gasteiger partial charge in [0.05, 0.1) is 13.2 Å². The lowest BCUT2D eigenvalue weighted by atomic mass is 9.99. The monoisotopic (exact) mass is 277 g/mol. The summed E-state index contributed by atoms with van der Waals surface area (Å²) in [7, 11) is 0. The number of piperidine rings is 1. The van der Waals surface area contributed by atoms with Crippen molar-refractivity contribution in [2.75, 3.05) is 19.7 Å². The summed E-state index contributed by atoms with van der Waals surface area (Å²) in [6, 6.07) is 0. The standard InChI is InChI=1S/C11H16ClN3O.ClH/c12-11-10(14-5-6-15-11)8-16-7-9-1-3-13-4-2-9;/h5-6,9,13H,1-4,7-8H2;1H. The molecular weight excluding hydrogens is 261 g/mol. The van der Waals surface area contributed by atoms with Crippen LogP contribution in [0.15, 0.2) is 12.4 Å². The Morgan fingerprint density at radius 1 is 1.29 bits per heavy atom. The van der Waals surface area contributed by atoms with Crippen LogP contribution in [0.3, 0.4) is 0 Å². The molecule has 1 N–H and O–H groups in total. The van der Waals surface area contributed by atoms with Crippen molar-refractivity contribution in [3.05, 3.63) is 23.2 Å². The minimum Gasteiger partial charge on any atom is -0.375 e. The molecule has 1 aromatic heterocycles. The number of ether oxygens (including phenoxy) is 1. The largest absolute Gasteiger partial charge is 0.375 e. The van der Waals surface area contributed by atoms with E-state index < -0.39 is 0 Å². The van der Waals surface area contributed by atoms with Gasteiger partial charge in [-0.05, 0) is 31.8 Å². The molecule has 1 saturated heterocycles. The summed E-state index contributed by atoms with van der Waals surface area (Å²) in [5.41, 5.74) is 0.720. The highest BCUT2D eigenvalue weighted by Gasteiger charge is 2.13. The predicted molar refractivity (Wildman–Crippen MR) is 69.5 cm³/mol. The Labute approximate surface area is 113 Å². The molecule has 0 spiro atoms. The van der Waals surface area contributed by atoms with Gasteiger partial charge in [0.25, 0.3) is 0 Å². The van der Waals surface area contributed by atoms with Gasteiger partial charge in [-0.3, -0.25) is 4.98 Å². The molecule has 0 saturated carbocycles. The van der Waals surface area contributed by atoms with Gasteiger partial charge in [0.15, 0.2) is 5.15 Å². The van der Waals surface area contributed by atoms with Crippen LogP contribution in [0.5, 0.6) is 0 Å². The van der Waals surface area contributed by atoms with E-state index in [1.165, 1.54) is 12.8 Å². The van der Waals surface area contributed by atoms with Gasteiger partial charge in [-0.1, -0.05) is 11.6 Å². The van der Waals surface area contributed by atoms with E-state index >= 15 is 0 Å². The van der Waals surface area contributed by atoms with Crippen LogP contribution in [-0.2, 0) is 11.3 Å². The first-order chi connectivity index (χ1) is 7.86. The molecule has 0 unspecified atom stereocenters. The minimum atomic E-state index is 0. The minimum absolute atomic E-state index is 0. The van der Waals surface area contributed by atoms with Crippen molar-refractivity contribution in [3.8, 4) is 0 Å². The molecule has 0 bridgehead atoms. The van der Waals surface area contributed by atoms with E-state index in [-0.39, 0.29) is 12.4 Å². The van der Waals surface area contributed by atoms with Crippen LogP contribution < -0.4 is 5.32 Å². The maximum Gasteiger partial charge on any atom is 0.152 e. The number of nitrogens with zero attached hydrogens (tertiary/aromatic N) is 2. The highest BCUT2D eigenvalue weighted by Crippen LogP contribution is 2.14. The second kappa shape index (κ2) is 7.82. The van der Waals surface area contributed by atoms with Gasteiger partial charge >= 0.3 is 0 Å². The molecule has 2 heterocycles. The van der Waals surface area contributed by atoms with Crippen LogP contribution in [0.4, 0.5) is 0 Å². The van der Waals surface area contributed by atoms with E-state index in [4.69, 9.17) is 16.3 Å². The molecule has 4 nitrogen and oxygen atoms in total. The lowest BCUT2D eigenvalue weighted by molar-refractivity contribution is 0.0743. The third-order valence-electron chi connectivity index (χ3n) is 2.77. The van der Waals surface area contributed by atoms with Crippen molar-refractivity contribution in [2.45, 2.75) is 19.4 Å². The van der Waals surface area contributed by atoms with Crippen molar-refractivity contribution in [1.29, 1.82) is 0 Å². The lowest BCUT2D eigenvalue weighted by Crippen LogP contribution is -2.29. The van der Waals surface area contributed by atoms with E-state index in [9.17, 15) is 0 Å². The van der Waals surface area contributed by atoms with Gasteiger partial charge in [0.2, 0.25) is 0 Å². The van der Waals surface area contributed by atoms with Crippen molar-refractivity contribution >= 4 is 24.0 Å². The first kappa shape index (κ1) is 14.6. The predicted octanol–water partition coefficient (Wildman–Crippen LogP) is 2.07. The van der Waals surface area contributed by atoms with Crippen molar-refractivity contribution in [1.82, 2.24) is 15.3 Å². The molecule has 0 aliphatic carbocycles. The molecule has 1 aliphatic rings. The van der Waals surface area contributed by atoms with E-state index in [0.717, 1.165) is 25.4 Å². The summed E-state index contributed by atoms with van der Waals surface area (Å²) in [5.74, 6) is 0.664. The summed E-state index contributed by atoms with van der Waals surface area (Å²) in [5, 5.41) is 3.77. The summed E-state index contributed by atoms with van der Waals surface area (Å²) < 4.78 is 5.63. The number of halogens is 2. The van der Waals surface area contributed by atoms with Gasteiger partial charge in [0, 0.05) is 12.4 Å². The molecule has 6 heteroatoms. The molecule has 1 aromatic rings. The smallest absolute Gasteiger partial charge is 0.152 e. The van der Waals surface area contributed by atoms with Gasteiger partial charge in [-0.25, -0.2) is 4.98 Å². The van der Waals surface area contributed by atoms with Crippen molar-refractivity contribution in [2.24, 2.45) is 5.92 Å². The Morgan fingerprint density at radius 3 is 2.71 bits per heavy atom. The number of hydrogen-bond donors (Lipinski definition) is 1. The number of hydrogen-bond acceptors (Lipinski definition) is 4. The van der Waals surface area contributed by atoms with Crippen molar-refractivity contribution in [3.63, 3.8) is 0 Å². The van der Waals surface area contributed by atoms with Crippen LogP contribution in [0.1, 0.15) is 18.5 Å². The second-order valence-electron chi connectivity index (χ2n) is 4.00. The van der Waals surface area contributed by atoms with Gasteiger partial charge in [0.1, 0.15) is 5.69 Å². The van der Waals surface area contributed by atoms with Crippen LogP contribution in [0.25, 0.3) is 0 Å². The first-order valence-electron chi connectivity index (χ1n) is 5.60. The molecule has 0 atom stereocenters. The SMILES string of the molecule is Cl.Clc1nccnc1COCC1CCNCC1. The fourth-order valence-corrected chi connectivity index (χ4v) is 1.98. The third kappa shape index (κ3) is 4.76. The molecule has 96 valence electrons. The Bertz CT molecular complexity index is 332. The zero-order valence-electron chi connectivity index (χ0n) is 9.56. The van der Waals surface area contributed by atoms with E-state index in [0.29, 0.717) is 17.7 Å². The van der Waals surface area contributed by atoms with Crippen LogP contribution in [-0.4, -0.2) is 29.7 Å². The average Bonchev–Trinajstić information content (AvgIpc) is 2.33. The average molecular weight is 278 g/mol. The Hall–Kier alpha value is -0.420. The fraction of sp³-hybridized carbons (Fsp3) is 0.636. The van der Waals surface area contributed by atoms with Crippen LogP contribution in [0, 0.1) is 5.92 Å². The molecule has 2 rings (SSSR count). The van der Waals surface area contributed by atoms with Crippen LogP contribution in [0.2, 0.25) is 5.15 Å². The molecule has 0 radical (unpaired) electrons. The topological polar surface area (TPSA) is 47.0 Å². The highest BCUT2D eigenvalue weighted by molar-refractivity contribution is 6.29. The quantitative estimate of drug-likeness (QED) is 0.916. The highest BCUT2D eigenvalue weighted by atomic mass is 35.5. The Morgan fingerprint density at radius 2 is 2.00 bits per heavy atom. The van der Waals surface area contributed by atoms with Crippen LogP contribution >= 0.6 is 24.0 Å². The molecule has 0 aromatic carbocycles. The lowest BCUT2D eigenvalue weighted by Gasteiger charge is -2.22. The maximum absolute atomic E-state index is 5.88.